The minimum absolute atomic E-state index is 0.672. The summed E-state index contributed by atoms with van der Waals surface area (Å²) in [5.41, 5.74) is 1.03. The van der Waals surface area contributed by atoms with Gasteiger partial charge in [-0.25, -0.2) is 4.98 Å². The van der Waals surface area contributed by atoms with E-state index in [4.69, 9.17) is 4.52 Å². The van der Waals surface area contributed by atoms with Crippen molar-refractivity contribution in [1.82, 2.24) is 20.4 Å². The zero-order chi connectivity index (χ0) is 14.2. The molecule has 0 amide bonds. The predicted octanol–water partition coefficient (Wildman–Crippen LogP) is 2.50. The van der Waals surface area contributed by atoms with E-state index < -0.39 is 0 Å². The molecule has 2 aromatic rings. The molecule has 5 nitrogen and oxygen atoms in total. The summed E-state index contributed by atoms with van der Waals surface area (Å²) < 4.78 is 5.43. The molecule has 21 heavy (non-hydrogen) atoms. The Labute approximate surface area is 128 Å². The van der Waals surface area contributed by atoms with E-state index in [0.29, 0.717) is 24.4 Å². The average Bonchev–Trinajstić information content (AvgIpc) is 3.14. The zero-order valence-corrected chi connectivity index (χ0v) is 13.0. The third-order valence-corrected chi connectivity index (χ3v) is 5.37. The standard InChI is InChI=1S/C15H20N4OS/c1-9-16-13(8-21-9)7-14-18-15(20-19-14)6-10-4-11-2-3-12(5-10)17-11/h8,10-12,17H,2-7H2,1H3. The first-order chi connectivity index (χ1) is 10.2. The second kappa shape index (κ2) is 5.50. The highest BCUT2D eigenvalue weighted by atomic mass is 32.1. The van der Waals surface area contributed by atoms with Gasteiger partial charge in [0.2, 0.25) is 5.89 Å². The van der Waals surface area contributed by atoms with E-state index in [1.54, 1.807) is 11.3 Å². The van der Waals surface area contributed by atoms with Crippen LogP contribution in [0.1, 0.15) is 48.1 Å². The molecule has 0 aliphatic carbocycles. The van der Waals surface area contributed by atoms with E-state index in [1.165, 1.54) is 25.7 Å². The van der Waals surface area contributed by atoms with Crippen LogP contribution >= 0.6 is 11.3 Å². The van der Waals surface area contributed by atoms with Crippen LogP contribution in [0.5, 0.6) is 0 Å². The number of fused-ring (bicyclic) bond motifs is 2. The Bertz CT molecular complexity index is 611. The van der Waals surface area contributed by atoms with Crippen LogP contribution in [0.3, 0.4) is 0 Å². The van der Waals surface area contributed by atoms with Crippen LogP contribution in [0.15, 0.2) is 9.90 Å². The van der Waals surface area contributed by atoms with Crippen molar-refractivity contribution in [2.24, 2.45) is 5.92 Å². The molecule has 2 saturated heterocycles. The molecule has 2 bridgehead atoms. The Morgan fingerprint density at radius 3 is 2.81 bits per heavy atom. The van der Waals surface area contributed by atoms with Crippen molar-refractivity contribution in [1.29, 1.82) is 0 Å². The summed E-state index contributed by atoms with van der Waals surface area (Å²) in [4.78, 5) is 8.99. The molecule has 6 heteroatoms. The zero-order valence-electron chi connectivity index (χ0n) is 12.2. The third-order valence-electron chi connectivity index (χ3n) is 4.55. The Morgan fingerprint density at radius 1 is 1.29 bits per heavy atom. The van der Waals surface area contributed by atoms with E-state index in [0.717, 1.165) is 28.8 Å². The van der Waals surface area contributed by atoms with Crippen molar-refractivity contribution >= 4 is 11.3 Å². The first-order valence-electron chi connectivity index (χ1n) is 7.73. The van der Waals surface area contributed by atoms with Crippen LogP contribution in [-0.4, -0.2) is 27.2 Å². The van der Waals surface area contributed by atoms with E-state index in [1.807, 2.05) is 6.92 Å². The van der Waals surface area contributed by atoms with E-state index in [9.17, 15) is 0 Å². The number of hydrogen-bond acceptors (Lipinski definition) is 6. The SMILES string of the molecule is Cc1nc(Cc2noc(CC3CC4CCC(C3)N4)n2)cs1. The second-order valence-electron chi connectivity index (χ2n) is 6.32. The van der Waals surface area contributed by atoms with Gasteiger partial charge in [0.25, 0.3) is 0 Å². The van der Waals surface area contributed by atoms with Crippen molar-refractivity contribution in [2.45, 2.75) is 57.5 Å². The van der Waals surface area contributed by atoms with Crippen molar-refractivity contribution in [3.63, 3.8) is 0 Å². The Kier molecular flexibility index (Phi) is 3.51. The van der Waals surface area contributed by atoms with E-state index in [2.05, 4.69) is 25.8 Å². The summed E-state index contributed by atoms with van der Waals surface area (Å²) in [6.45, 7) is 2.02. The summed E-state index contributed by atoms with van der Waals surface area (Å²) >= 11 is 1.66. The average molecular weight is 304 g/mol. The lowest BCUT2D eigenvalue weighted by atomic mass is 9.90. The maximum absolute atomic E-state index is 5.43. The van der Waals surface area contributed by atoms with Gasteiger partial charge in [-0.2, -0.15) is 4.98 Å². The fraction of sp³-hybridized carbons (Fsp3) is 0.667. The van der Waals surface area contributed by atoms with Gasteiger partial charge in [-0.05, 0) is 38.5 Å². The number of nitrogens with zero attached hydrogens (tertiary/aromatic N) is 3. The number of rotatable bonds is 4. The van der Waals surface area contributed by atoms with Gasteiger partial charge in [0.15, 0.2) is 5.82 Å². The second-order valence-corrected chi connectivity index (χ2v) is 7.38. The molecule has 4 heterocycles. The molecular formula is C15H20N4OS. The minimum atomic E-state index is 0.672. The van der Waals surface area contributed by atoms with Gasteiger partial charge in [-0.3, -0.25) is 0 Å². The molecular weight excluding hydrogens is 284 g/mol. The highest BCUT2D eigenvalue weighted by molar-refractivity contribution is 7.09. The number of thiazole rings is 1. The highest BCUT2D eigenvalue weighted by Gasteiger charge is 2.34. The number of aromatic nitrogens is 3. The highest BCUT2D eigenvalue weighted by Crippen LogP contribution is 2.32. The monoisotopic (exact) mass is 304 g/mol. The molecule has 0 aromatic carbocycles. The van der Waals surface area contributed by atoms with Crippen molar-refractivity contribution < 1.29 is 4.52 Å². The molecule has 2 aliphatic rings. The molecule has 4 rings (SSSR count). The fourth-order valence-corrected chi connectivity index (χ4v) is 4.30. The Balaban J connectivity index is 1.38. The van der Waals surface area contributed by atoms with Gasteiger partial charge in [0.1, 0.15) is 0 Å². The number of nitrogens with one attached hydrogen (secondary N) is 1. The maximum atomic E-state index is 5.43. The molecule has 2 aliphatic heterocycles. The molecule has 2 fully saturated rings. The van der Waals surface area contributed by atoms with Gasteiger partial charge in [0, 0.05) is 23.9 Å². The molecule has 2 atom stereocenters. The van der Waals surface area contributed by atoms with Crippen LogP contribution in [0.2, 0.25) is 0 Å². The largest absolute Gasteiger partial charge is 0.339 e. The summed E-state index contributed by atoms with van der Waals surface area (Å²) in [6.07, 6.45) is 6.76. The predicted molar refractivity (Wildman–Crippen MR) is 80.3 cm³/mol. The van der Waals surface area contributed by atoms with Crippen LogP contribution in [0.4, 0.5) is 0 Å². The molecule has 2 unspecified atom stereocenters. The lowest BCUT2D eigenvalue weighted by Crippen LogP contribution is -2.38. The molecule has 0 spiro atoms. The van der Waals surface area contributed by atoms with Gasteiger partial charge in [0.05, 0.1) is 17.1 Å². The fourth-order valence-electron chi connectivity index (χ4n) is 3.69. The first kappa shape index (κ1) is 13.4. The van der Waals surface area contributed by atoms with Gasteiger partial charge in [-0.15, -0.1) is 11.3 Å². The van der Waals surface area contributed by atoms with Crippen molar-refractivity contribution in [2.75, 3.05) is 0 Å². The lowest BCUT2D eigenvalue weighted by Gasteiger charge is -2.27. The third kappa shape index (κ3) is 3.01. The minimum Gasteiger partial charge on any atom is -0.339 e. The normalized spacial score (nSPS) is 28.1. The number of aryl methyl sites for hydroxylation is 1. The Morgan fingerprint density at radius 2 is 2.10 bits per heavy atom. The van der Waals surface area contributed by atoms with E-state index in [-0.39, 0.29) is 0 Å². The number of hydrogen-bond donors (Lipinski definition) is 1. The lowest BCUT2D eigenvalue weighted by molar-refractivity contribution is 0.270. The van der Waals surface area contributed by atoms with E-state index >= 15 is 0 Å². The molecule has 0 radical (unpaired) electrons. The summed E-state index contributed by atoms with van der Waals surface area (Å²) in [6, 6.07) is 1.43. The van der Waals surface area contributed by atoms with Gasteiger partial charge in [-0.1, -0.05) is 5.16 Å². The molecule has 112 valence electrons. The maximum Gasteiger partial charge on any atom is 0.226 e. The molecule has 0 saturated carbocycles. The smallest absolute Gasteiger partial charge is 0.226 e. The van der Waals surface area contributed by atoms with Crippen LogP contribution in [0, 0.1) is 12.8 Å². The van der Waals surface area contributed by atoms with Crippen LogP contribution in [-0.2, 0) is 12.8 Å². The van der Waals surface area contributed by atoms with Crippen molar-refractivity contribution in [3.05, 3.63) is 27.8 Å². The summed E-state index contributed by atoms with van der Waals surface area (Å²) in [5, 5.41) is 10.9. The first-order valence-corrected chi connectivity index (χ1v) is 8.61. The van der Waals surface area contributed by atoms with Crippen LogP contribution in [0.25, 0.3) is 0 Å². The van der Waals surface area contributed by atoms with Crippen LogP contribution < -0.4 is 5.32 Å². The Hall–Kier alpha value is -1.27. The molecule has 2 aromatic heterocycles. The molecule has 1 N–H and O–H groups in total. The number of piperidine rings is 1. The topological polar surface area (TPSA) is 63.8 Å². The quantitative estimate of drug-likeness (QED) is 0.940. The van der Waals surface area contributed by atoms with Crippen molar-refractivity contribution in [3.8, 4) is 0 Å². The summed E-state index contributed by atoms with van der Waals surface area (Å²) in [7, 11) is 0. The van der Waals surface area contributed by atoms with Gasteiger partial charge < -0.3 is 9.84 Å². The van der Waals surface area contributed by atoms with Gasteiger partial charge >= 0.3 is 0 Å². The summed E-state index contributed by atoms with van der Waals surface area (Å²) in [5.74, 6) is 2.24.